The quantitative estimate of drug-likeness (QED) is 0.759. The maximum absolute atomic E-state index is 6.73. The van der Waals surface area contributed by atoms with E-state index < -0.39 is 8.32 Å². The highest BCUT2D eigenvalue weighted by Crippen LogP contribution is 2.45. The molecule has 0 N–H and O–H groups in total. The van der Waals surface area contributed by atoms with Gasteiger partial charge in [-0.1, -0.05) is 32.9 Å². The summed E-state index contributed by atoms with van der Waals surface area (Å²) in [6, 6.07) is 6.76. The molecule has 1 aliphatic heterocycles. The zero-order valence-electron chi connectivity index (χ0n) is 15.3. The molecule has 1 saturated heterocycles. The van der Waals surface area contributed by atoms with Crippen LogP contribution in [-0.2, 0) is 15.6 Å². The van der Waals surface area contributed by atoms with Gasteiger partial charge in [-0.05, 0) is 48.2 Å². The van der Waals surface area contributed by atoms with Crippen LogP contribution in [0.4, 0.5) is 5.69 Å². The molecule has 1 unspecified atom stereocenters. The Bertz CT molecular complexity index is 559. The summed E-state index contributed by atoms with van der Waals surface area (Å²) in [7, 11) is -1.73. The largest absolute Gasteiger partial charge is 0.410 e. The summed E-state index contributed by atoms with van der Waals surface area (Å²) in [5.41, 5.74) is 4.35. The lowest BCUT2D eigenvalue weighted by molar-refractivity contribution is 0.122. The van der Waals surface area contributed by atoms with Crippen molar-refractivity contribution in [1.29, 1.82) is 0 Å². The summed E-state index contributed by atoms with van der Waals surface area (Å²) < 4.78 is 12.2. The van der Waals surface area contributed by atoms with E-state index in [0.29, 0.717) is 0 Å². The molecule has 3 nitrogen and oxygen atoms in total. The topological polar surface area (TPSA) is 21.7 Å². The second kappa shape index (κ2) is 6.23. The molecule has 0 saturated carbocycles. The Kier molecular flexibility index (Phi) is 4.60. The van der Waals surface area contributed by atoms with Gasteiger partial charge in [0.2, 0.25) is 0 Å². The molecule has 0 radical (unpaired) electrons. The fourth-order valence-corrected chi connectivity index (χ4v) is 4.66. The van der Waals surface area contributed by atoms with Gasteiger partial charge in [0.25, 0.3) is 0 Å². The summed E-state index contributed by atoms with van der Waals surface area (Å²) in [4.78, 5) is 2.48. The Labute approximate surface area is 142 Å². The van der Waals surface area contributed by atoms with Gasteiger partial charge in [0.05, 0.1) is 19.3 Å². The van der Waals surface area contributed by atoms with Gasteiger partial charge in [-0.15, -0.1) is 0 Å². The van der Waals surface area contributed by atoms with E-state index in [1.54, 1.807) is 0 Å². The van der Waals surface area contributed by atoms with Crippen LogP contribution in [0.3, 0.4) is 0 Å². The maximum atomic E-state index is 6.73. The van der Waals surface area contributed by atoms with Crippen molar-refractivity contribution < 1.29 is 9.16 Å². The predicted molar refractivity (Wildman–Crippen MR) is 98.8 cm³/mol. The van der Waals surface area contributed by atoms with Crippen LogP contribution >= 0.6 is 0 Å². The van der Waals surface area contributed by atoms with E-state index >= 15 is 0 Å². The van der Waals surface area contributed by atoms with Crippen molar-refractivity contribution in [2.24, 2.45) is 0 Å². The van der Waals surface area contributed by atoms with Gasteiger partial charge in [0.1, 0.15) is 0 Å². The van der Waals surface area contributed by atoms with Crippen molar-refractivity contribution in [3.63, 3.8) is 0 Å². The van der Waals surface area contributed by atoms with Gasteiger partial charge in [-0.2, -0.15) is 0 Å². The van der Waals surface area contributed by atoms with Gasteiger partial charge >= 0.3 is 0 Å². The molecule has 2 aliphatic rings. The smallest absolute Gasteiger partial charge is 0.192 e. The van der Waals surface area contributed by atoms with Crippen LogP contribution < -0.4 is 4.90 Å². The summed E-state index contributed by atoms with van der Waals surface area (Å²) in [6.07, 6.45) is 2.55. The Balaban J connectivity index is 1.83. The highest BCUT2D eigenvalue weighted by Gasteiger charge is 2.41. The van der Waals surface area contributed by atoms with Gasteiger partial charge in [0, 0.05) is 18.8 Å². The van der Waals surface area contributed by atoms with E-state index in [1.165, 1.54) is 16.8 Å². The third-order valence-corrected chi connectivity index (χ3v) is 10.3. The minimum absolute atomic E-state index is 0.261. The van der Waals surface area contributed by atoms with Crippen molar-refractivity contribution >= 4 is 14.0 Å². The van der Waals surface area contributed by atoms with Crippen molar-refractivity contribution in [2.75, 3.05) is 31.2 Å². The van der Waals surface area contributed by atoms with E-state index in [1.807, 2.05) is 0 Å². The number of ether oxygens (including phenoxy) is 1. The number of benzene rings is 1. The summed E-state index contributed by atoms with van der Waals surface area (Å²) in [5.74, 6) is 0. The molecule has 0 amide bonds. The van der Waals surface area contributed by atoms with Crippen LogP contribution in [0.2, 0.25) is 18.1 Å². The lowest BCUT2D eigenvalue weighted by Gasteiger charge is -2.38. The fraction of sp³-hybridized carbons (Fsp3) is 0.684. The number of rotatable bonds is 3. The molecule has 0 spiro atoms. The number of fused-ring (bicyclic) bond motifs is 1. The lowest BCUT2D eigenvalue weighted by Crippen LogP contribution is -2.41. The number of nitrogens with zero attached hydrogens (tertiary/aromatic N) is 1. The number of morpholine rings is 1. The minimum Gasteiger partial charge on any atom is -0.410 e. The number of anilines is 1. The summed E-state index contributed by atoms with van der Waals surface area (Å²) in [6.45, 7) is 15.4. The first-order valence-corrected chi connectivity index (χ1v) is 11.8. The van der Waals surface area contributed by atoms with Crippen molar-refractivity contribution in [1.82, 2.24) is 0 Å². The molecule has 1 fully saturated rings. The zero-order valence-corrected chi connectivity index (χ0v) is 16.3. The van der Waals surface area contributed by atoms with Crippen LogP contribution in [0, 0.1) is 0 Å². The molecule has 1 aliphatic carbocycles. The molecule has 1 heterocycles. The first-order valence-electron chi connectivity index (χ1n) is 8.92. The second-order valence-corrected chi connectivity index (χ2v) is 13.1. The molecule has 1 atom stereocenters. The SMILES string of the molecule is CC(C)(C)[Si](C)(C)OC1CCc2c1cccc2N1CCOCC1. The van der Waals surface area contributed by atoms with Gasteiger partial charge in [-0.25, -0.2) is 0 Å². The monoisotopic (exact) mass is 333 g/mol. The molecule has 23 heavy (non-hydrogen) atoms. The molecule has 0 aromatic heterocycles. The van der Waals surface area contributed by atoms with Gasteiger partial charge < -0.3 is 14.1 Å². The third kappa shape index (κ3) is 3.35. The minimum atomic E-state index is -1.73. The first-order chi connectivity index (χ1) is 10.8. The normalized spacial score (nSPS) is 22.3. The molecular weight excluding hydrogens is 302 g/mol. The van der Waals surface area contributed by atoms with Crippen molar-refractivity contribution in [2.45, 2.75) is 57.8 Å². The van der Waals surface area contributed by atoms with Gasteiger partial charge in [-0.3, -0.25) is 0 Å². The van der Waals surface area contributed by atoms with Crippen LogP contribution in [0.1, 0.15) is 44.4 Å². The summed E-state index contributed by atoms with van der Waals surface area (Å²) in [5, 5.41) is 0.261. The van der Waals surface area contributed by atoms with Crippen LogP contribution in [0.25, 0.3) is 0 Å². The van der Waals surface area contributed by atoms with Gasteiger partial charge in [0.15, 0.2) is 8.32 Å². The molecule has 128 valence electrons. The zero-order chi connectivity index (χ0) is 16.7. The van der Waals surface area contributed by atoms with Crippen LogP contribution in [0.5, 0.6) is 0 Å². The van der Waals surface area contributed by atoms with Crippen molar-refractivity contribution in [3.05, 3.63) is 29.3 Å². The standard InChI is InChI=1S/C19H31NO2Si/c1-19(2,3)23(4,5)22-18-10-9-15-16(18)7-6-8-17(15)20-11-13-21-14-12-20/h6-8,18H,9-14H2,1-5H3. The first kappa shape index (κ1) is 17.0. The van der Waals surface area contributed by atoms with Crippen LogP contribution in [-0.4, -0.2) is 34.6 Å². The fourth-order valence-electron chi connectivity index (χ4n) is 3.35. The Morgan fingerprint density at radius 1 is 1.17 bits per heavy atom. The predicted octanol–water partition coefficient (Wildman–Crippen LogP) is 4.53. The Morgan fingerprint density at radius 3 is 2.52 bits per heavy atom. The molecular formula is C19H31NO2Si. The molecule has 3 rings (SSSR count). The van der Waals surface area contributed by atoms with E-state index in [-0.39, 0.29) is 11.1 Å². The van der Waals surface area contributed by atoms with Crippen LogP contribution in [0.15, 0.2) is 18.2 Å². The number of hydrogen-bond donors (Lipinski definition) is 0. The van der Waals surface area contributed by atoms with E-state index in [2.05, 4.69) is 57.0 Å². The molecule has 0 bridgehead atoms. The Hall–Kier alpha value is -0.843. The molecule has 1 aromatic carbocycles. The van der Waals surface area contributed by atoms with E-state index in [4.69, 9.17) is 9.16 Å². The molecule has 1 aromatic rings. The Morgan fingerprint density at radius 2 is 1.87 bits per heavy atom. The average molecular weight is 334 g/mol. The number of hydrogen-bond acceptors (Lipinski definition) is 3. The van der Waals surface area contributed by atoms with E-state index in [0.717, 1.165) is 39.1 Å². The average Bonchev–Trinajstić information content (AvgIpc) is 2.89. The van der Waals surface area contributed by atoms with E-state index in [9.17, 15) is 0 Å². The van der Waals surface area contributed by atoms with Crippen molar-refractivity contribution in [3.8, 4) is 0 Å². The lowest BCUT2D eigenvalue weighted by atomic mass is 10.1. The summed E-state index contributed by atoms with van der Waals surface area (Å²) >= 11 is 0. The highest BCUT2D eigenvalue weighted by atomic mass is 28.4. The second-order valence-electron chi connectivity index (χ2n) is 8.35. The molecule has 4 heteroatoms. The highest BCUT2D eigenvalue weighted by molar-refractivity contribution is 6.74. The third-order valence-electron chi connectivity index (χ3n) is 5.79. The maximum Gasteiger partial charge on any atom is 0.192 e.